The van der Waals surface area contributed by atoms with Gasteiger partial charge in [0.2, 0.25) is 21.8 Å². The Bertz CT molecular complexity index is 1150. The van der Waals surface area contributed by atoms with Crippen LogP contribution in [0.5, 0.6) is 11.5 Å². The molecule has 2 amide bonds. The van der Waals surface area contributed by atoms with Gasteiger partial charge in [0, 0.05) is 26.1 Å². The second-order valence-corrected chi connectivity index (χ2v) is 11.5. The van der Waals surface area contributed by atoms with Crippen LogP contribution in [0, 0.1) is 5.92 Å². The fourth-order valence-electron chi connectivity index (χ4n) is 4.06. The van der Waals surface area contributed by atoms with E-state index in [2.05, 4.69) is 5.32 Å². The fraction of sp³-hybridized carbons (Fsp3) is 0.500. The van der Waals surface area contributed by atoms with Crippen molar-refractivity contribution in [2.45, 2.75) is 52.6 Å². The zero-order chi connectivity index (χ0) is 28.3. The maximum atomic E-state index is 13.5. The minimum Gasteiger partial charge on any atom is -0.497 e. The summed E-state index contributed by atoms with van der Waals surface area (Å²) < 4.78 is 36.8. The summed E-state index contributed by atoms with van der Waals surface area (Å²) in [4.78, 5) is 28.2. The standard InChI is InChI=1S/C28H41N3O6S/c1-7-26(28(33)29-19-21(2)3)30(20-22-10-8-11-25(18-22)37-5)27(32)12-9-17-31(38(6,34)35)23-13-15-24(36-4)16-14-23/h8,10-11,13-16,18,21,26H,7,9,12,17,19-20H2,1-6H3,(H,29,33). The van der Waals surface area contributed by atoms with Crippen molar-refractivity contribution in [1.82, 2.24) is 10.2 Å². The maximum Gasteiger partial charge on any atom is 0.242 e. The molecule has 2 aromatic carbocycles. The van der Waals surface area contributed by atoms with Gasteiger partial charge in [0.25, 0.3) is 0 Å². The van der Waals surface area contributed by atoms with Crippen molar-refractivity contribution in [1.29, 1.82) is 0 Å². The van der Waals surface area contributed by atoms with Gasteiger partial charge in [0.05, 0.1) is 26.2 Å². The predicted molar refractivity (Wildman–Crippen MR) is 150 cm³/mol. The van der Waals surface area contributed by atoms with E-state index in [9.17, 15) is 18.0 Å². The molecule has 1 atom stereocenters. The van der Waals surface area contributed by atoms with Gasteiger partial charge in [-0.15, -0.1) is 0 Å². The summed E-state index contributed by atoms with van der Waals surface area (Å²) in [5.41, 5.74) is 1.33. The third kappa shape index (κ3) is 9.24. The van der Waals surface area contributed by atoms with Crippen LogP contribution in [0.1, 0.15) is 45.6 Å². The summed E-state index contributed by atoms with van der Waals surface area (Å²) in [6.45, 7) is 6.77. The number of hydrogen-bond acceptors (Lipinski definition) is 6. The smallest absolute Gasteiger partial charge is 0.242 e. The number of ether oxygens (including phenoxy) is 2. The molecule has 38 heavy (non-hydrogen) atoms. The molecule has 9 nitrogen and oxygen atoms in total. The van der Waals surface area contributed by atoms with Gasteiger partial charge in [-0.2, -0.15) is 0 Å². The molecule has 1 unspecified atom stereocenters. The van der Waals surface area contributed by atoms with Gasteiger partial charge in [-0.05, 0) is 60.7 Å². The summed E-state index contributed by atoms with van der Waals surface area (Å²) in [6.07, 6.45) is 1.96. The van der Waals surface area contributed by atoms with Gasteiger partial charge in [0.15, 0.2) is 0 Å². The zero-order valence-electron chi connectivity index (χ0n) is 23.3. The molecule has 2 aromatic rings. The van der Waals surface area contributed by atoms with E-state index in [1.807, 2.05) is 45.0 Å². The van der Waals surface area contributed by atoms with Crippen molar-refractivity contribution < 1.29 is 27.5 Å². The second-order valence-electron chi connectivity index (χ2n) is 9.57. The van der Waals surface area contributed by atoms with Crippen LogP contribution in [0.3, 0.4) is 0 Å². The first-order valence-electron chi connectivity index (χ1n) is 12.8. The molecule has 2 rings (SSSR count). The van der Waals surface area contributed by atoms with Crippen molar-refractivity contribution >= 4 is 27.5 Å². The molecule has 0 aromatic heterocycles. The van der Waals surface area contributed by atoms with Crippen molar-refractivity contribution in [2.75, 3.05) is 37.9 Å². The number of benzene rings is 2. The molecule has 0 aliphatic rings. The lowest BCUT2D eigenvalue weighted by Crippen LogP contribution is -2.49. The van der Waals surface area contributed by atoms with Crippen LogP contribution in [0.15, 0.2) is 48.5 Å². The number of nitrogens with one attached hydrogen (secondary N) is 1. The summed E-state index contributed by atoms with van der Waals surface area (Å²) in [5.74, 6) is 1.14. The van der Waals surface area contributed by atoms with Crippen molar-refractivity contribution in [3.63, 3.8) is 0 Å². The normalized spacial score (nSPS) is 12.1. The van der Waals surface area contributed by atoms with E-state index < -0.39 is 16.1 Å². The third-order valence-electron chi connectivity index (χ3n) is 6.07. The van der Waals surface area contributed by atoms with Crippen LogP contribution in [0.4, 0.5) is 5.69 Å². The number of rotatable bonds is 15. The highest BCUT2D eigenvalue weighted by Crippen LogP contribution is 2.23. The van der Waals surface area contributed by atoms with E-state index in [-0.39, 0.29) is 43.7 Å². The van der Waals surface area contributed by atoms with Crippen LogP contribution in [-0.4, -0.2) is 64.7 Å². The molecule has 0 saturated carbocycles. The predicted octanol–water partition coefficient (Wildman–Crippen LogP) is 3.83. The molecule has 10 heteroatoms. The molecule has 0 bridgehead atoms. The van der Waals surface area contributed by atoms with Crippen molar-refractivity contribution in [3.05, 3.63) is 54.1 Å². The van der Waals surface area contributed by atoms with E-state index in [0.29, 0.717) is 30.2 Å². The number of sulfonamides is 1. The van der Waals surface area contributed by atoms with E-state index in [4.69, 9.17) is 9.47 Å². The number of anilines is 1. The summed E-state index contributed by atoms with van der Waals surface area (Å²) in [7, 11) is -0.456. The third-order valence-corrected chi connectivity index (χ3v) is 7.26. The van der Waals surface area contributed by atoms with Gasteiger partial charge in [-0.3, -0.25) is 13.9 Å². The number of carbonyl (C=O) groups excluding carboxylic acids is 2. The number of nitrogens with zero attached hydrogens (tertiary/aromatic N) is 2. The Hall–Kier alpha value is -3.27. The van der Waals surface area contributed by atoms with Gasteiger partial charge in [0.1, 0.15) is 17.5 Å². The van der Waals surface area contributed by atoms with Crippen molar-refractivity contribution in [2.24, 2.45) is 5.92 Å². The summed E-state index contributed by atoms with van der Waals surface area (Å²) in [5, 5.41) is 2.95. The average Bonchev–Trinajstić information content (AvgIpc) is 2.89. The number of carbonyl (C=O) groups is 2. The Morgan fingerprint density at radius 2 is 1.66 bits per heavy atom. The second kappa shape index (κ2) is 14.6. The Kier molecular flexibility index (Phi) is 11.9. The first-order valence-corrected chi connectivity index (χ1v) is 14.7. The molecule has 0 fully saturated rings. The summed E-state index contributed by atoms with van der Waals surface area (Å²) >= 11 is 0. The topological polar surface area (TPSA) is 105 Å². The molecule has 0 radical (unpaired) electrons. The van der Waals surface area contributed by atoms with Gasteiger partial charge in [-0.1, -0.05) is 32.9 Å². The van der Waals surface area contributed by atoms with Crippen LogP contribution in [-0.2, 0) is 26.2 Å². The van der Waals surface area contributed by atoms with Gasteiger partial charge >= 0.3 is 0 Å². The van der Waals surface area contributed by atoms with E-state index >= 15 is 0 Å². The lowest BCUT2D eigenvalue weighted by molar-refractivity contribution is -0.141. The number of hydrogen-bond donors (Lipinski definition) is 1. The summed E-state index contributed by atoms with van der Waals surface area (Å²) in [6, 6.07) is 13.5. The molecule has 0 aliphatic carbocycles. The zero-order valence-corrected chi connectivity index (χ0v) is 24.1. The number of amides is 2. The fourth-order valence-corrected chi connectivity index (χ4v) is 5.03. The molecule has 0 spiro atoms. The van der Waals surface area contributed by atoms with Crippen LogP contribution in [0.25, 0.3) is 0 Å². The molecule has 1 N–H and O–H groups in total. The van der Waals surface area contributed by atoms with E-state index in [1.54, 1.807) is 43.4 Å². The largest absolute Gasteiger partial charge is 0.497 e. The van der Waals surface area contributed by atoms with Crippen LogP contribution in [0.2, 0.25) is 0 Å². The number of methoxy groups -OCH3 is 2. The SMILES string of the molecule is CCC(C(=O)NCC(C)C)N(Cc1cccc(OC)c1)C(=O)CCCN(c1ccc(OC)cc1)S(C)(=O)=O. The lowest BCUT2D eigenvalue weighted by atomic mass is 10.1. The van der Waals surface area contributed by atoms with E-state index in [0.717, 1.165) is 11.8 Å². The average molecular weight is 548 g/mol. The molecule has 0 heterocycles. The highest BCUT2D eigenvalue weighted by Gasteiger charge is 2.29. The van der Waals surface area contributed by atoms with Crippen molar-refractivity contribution in [3.8, 4) is 11.5 Å². The maximum absolute atomic E-state index is 13.5. The minimum atomic E-state index is -3.57. The Morgan fingerprint density at radius 1 is 1.00 bits per heavy atom. The first-order chi connectivity index (χ1) is 18.0. The lowest BCUT2D eigenvalue weighted by Gasteiger charge is -2.31. The van der Waals surface area contributed by atoms with Crippen LogP contribution < -0.4 is 19.1 Å². The molecule has 0 aliphatic heterocycles. The first kappa shape index (κ1) is 31.0. The Balaban J connectivity index is 2.22. The Labute approximate surface area is 227 Å². The van der Waals surface area contributed by atoms with Gasteiger partial charge in [-0.25, -0.2) is 8.42 Å². The molecular weight excluding hydrogens is 506 g/mol. The highest BCUT2D eigenvalue weighted by atomic mass is 32.2. The van der Waals surface area contributed by atoms with Gasteiger partial charge < -0.3 is 19.7 Å². The quantitative estimate of drug-likeness (QED) is 0.363. The molecule has 210 valence electrons. The minimum absolute atomic E-state index is 0.0834. The monoisotopic (exact) mass is 547 g/mol. The highest BCUT2D eigenvalue weighted by molar-refractivity contribution is 7.92. The Morgan fingerprint density at radius 3 is 2.21 bits per heavy atom. The molecular formula is C28H41N3O6S. The van der Waals surface area contributed by atoms with E-state index in [1.165, 1.54) is 4.31 Å². The molecule has 0 saturated heterocycles. The van der Waals surface area contributed by atoms with Crippen LogP contribution >= 0.6 is 0 Å².